The number of aromatic nitrogens is 2. The number of likely N-dealkylation sites (N-methyl/N-ethyl adjacent to an activating group) is 1. The Hall–Kier alpha value is -3.83. The summed E-state index contributed by atoms with van der Waals surface area (Å²) in [5.74, 6) is -4.81. The largest absolute Gasteiger partial charge is 0.459 e. The predicted molar refractivity (Wildman–Crippen MR) is 247 cm³/mol. The molecule has 0 aliphatic carbocycles. The minimum atomic E-state index is -2.03. The minimum Gasteiger partial charge on any atom is -0.459 e. The number of hydrogen-bond acceptors (Lipinski definition) is 17. The highest BCUT2D eigenvalue weighted by molar-refractivity contribution is 5.97. The number of aryl methyl sites for hydroxylation is 1. The van der Waals surface area contributed by atoms with E-state index in [1.165, 1.54) is 28.1 Å². The summed E-state index contributed by atoms with van der Waals surface area (Å²) in [6, 6.07) is 4.53. The number of carbonyl (C=O) groups excluding carboxylic acids is 4. The highest BCUT2D eigenvalue weighted by Crippen LogP contribution is 2.42. The van der Waals surface area contributed by atoms with Crippen LogP contribution in [0.4, 0.5) is 4.79 Å². The first-order chi connectivity index (χ1) is 31.7. The van der Waals surface area contributed by atoms with Gasteiger partial charge in [0, 0.05) is 50.0 Å². The molecule has 3 fully saturated rings. The van der Waals surface area contributed by atoms with Crippen LogP contribution in [0.25, 0.3) is 11.0 Å². The van der Waals surface area contributed by atoms with Crippen molar-refractivity contribution in [1.29, 1.82) is 0 Å². The number of cyclic esters (lactones) is 1. The van der Waals surface area contributed by atoms with Gasteiger partial charge in [0.25, 0.3) is 5.91 Å². The number of imidazole rings is 1. The summed E-state index contributed by atoms with van der Waals surface area (Å²) in [6.45, 7) is 18.5. The van der Waals surface area contributed by atoms with Gasteiger partial charge in [-0.25, -0.2) is 15.2 Å². The molecule has 0 saturated carbocycles. The first-order valence-corrected chi connectivity index (χ1v) is 23.7. The van der Waals surface area contributed by atoms with Crippen molar-refractivity contribution in [1.82, 2.24) is 25.7 Å². The monoisotopic (exact) mass is 964 g/mol. The van der Waals surface area contributed by atoms with E-state index in [0.717, 1.165) is 0 Å². The van der Waals surface area contributed by atoms with Crippen LogP contribution in [-0.2, 0) is 47.5 Å². The van der Waals surface area contributed by atoms with Crippen molar-refractivity contribution in [2.24, 2.45) is 23.7 Å². The van der Waals surface area contributed by atoms with Crippen LogP contribution in [0.3, 0.4) is 0 Å². The summed E-state index contributed by atoms with van der Waals surface area (Å²) in [5, 5.41) is 35.1. The number of ketones is 1. The van der Waals surface area contributed by atoms with Crippen LogP contribution in [0.5, 0.6) is 0 Å². The fourth-order valence-electron chi connectivity index (χ4n) is 10.4. The van der Waals surface area contributed by atoms with Gasteiger partial charge in [-0.15, -0.1) is 0 Å². The summed E-state index contributed by atoms with van der Waals surface area (Å²) in [7, 11) is 6.64. The summed E-state index contributed by atoms with van der Waals surface area (Å²) in [4.78, 5) is 64.2. The molecule has 0 unspecified atom stereocenters. The highest BCUT2D eigenvalue weighted by Gasteiger charge is 2.55. The number of Topliss-reactive ketones (excluding diaryl/α,β-unsaturated/α-hetero) is 1. The number of rotatable bonds is 10. The van der Waals surface area contributed by atoms with Crippen LogP contribution in [0.1, 0.15) is 111 Å². The Morgan fingerprint density at radius 2 is 1.57 bits per heavy atom. The number of aromatic amines is 1. The Morgan fingerprint density at radius 1 is 0.926 bits per heavy atom. The molecule has 2 aromatic rings. The molecule has 0 radical (unpaired) electrons. The third-order valence-electron chi connectivity index (χ3n) is 14.6. The maximum atomic E-state index is 14.5. The van der Waals surface area contributed by atoms with E-state index in [2.05, 4.69) is 20.8 Å². The molecule has 3 aliphatic rings. The maximum Gasteiger partial charge on any atom is 0.426 e. The van der Waals surface area contributed by atoms with E-state index in [0.29, 0.717) is 23.3 Å². The van der Waals surface area contributed by atoms with Gasteiger partial charge in [0.1, 0.15) is 35.0 Å². The van der Waals surface area contributed by atoms with Crippen molar-refractivity contribution < 1.29 is 72.4 Å². The quantitative estimate of drug-likeness (QED) is 0.147. The molecule has 6 N–H and O–H groups in total. The van der Waals surface area contributed by atoms with Gasteiger partial charge >= 0.3 is 12.1 Å². The number of methoxy groups -OCH3 is 2. The molecule has 5 rings (SSSR count). The number of H-pyrrole nitrogens is 1. The van der Waals surface area contributed by atoms with Gasteiger partial charge in [-0.2, -0.15) is 0 Å². The number of amides is 2. The second kappa shape index (κ2) is 22.1. The number of nitrogens with zero attached hydrogens (tertiary/aromatic N) is 2. The molecule has 20 heteroatoms. The molecular weight excluding hydrogens is 887 g/mol. The Bertz CT molecular complexity index is 2070. The topological polar surface area (TPSA) is 259 Å². The third-order valence-corrected chi connectivity index (χ3v) is 14.6. The molecular formula is C48H77N5O15. The molecule has 1 aromatic heterocycles. The summed E-state index contributed by atoms with van der Waals surface area (Å²) < 4.78 is 50.7. The average Bonchev–Trinajstić information content (AvgIpc) is 3.67. The molecule has 3 saturated heterocycles. The fraction of sp³-hybridized carbons (Fsp3) is 0.771. The second-order valence-corrected chi connectivity index (χ2v) is 20.1. The molecule has 0 bridgehead atoms. The Labute approximate surface area is 399 Å². The van der Waals surface area contributed by atoms with E-state index in [1.807, 2.05) is 25.9 Å². The average molecular weight is 964 g/mol. The minimum absolute atomic E-state index is 0.0335. The Kier molecular flexibility index (Phi) is 17.9. The molecule has 384 valence electrons. The number of carbonyl (C=O) groups is 4. The lowest BCUT2D eigenvalue weighted by atomic mass is 9.74. The van der Waals surface area contributed by atoms with Gasteiger partial charge in [-0.05, 0) is 100 Å². The maximum absolute atomic E-state index is 14.5. The first-order valence-electron chi connectivity index (χ1n) is 23.7. The third kappa shape index (κ3) is 11.8. The number of hydrazine groups is 1. The van der Waals surface area contributed by atoms with Gasteiger partial charge in [0.05, 0.1) is 53.1 Å². The number of hydrogen-bond donors (Lipinski definition) is 6. The van der Waals surface area contributed by atoms with Gasteiger partial charge in [-0.3, -0.25) is 19.8 Å². The van der Waals surface area contributed by atoms with Crippen LogP contribution >= 0.6 is 0 Å². The number of aliphatic hydroxyl groups is 3. The zero-order valence-corrected chi connectivity index (χ0v) is 42.4. The predicted octanol–water partition coefficient (Wildman–Crippen LogP) is 3.70. The van der Waals surface area contributed by atoms with Crippen molar-refractivity contribution in [2.45, 2.75) is 186 Å². The van der Waals surface area contributed by atoms with Crippen molar-refractivity contribution in [2.75, 3.05) is 28.3 Å². The summed E-state index contributed by atoms with van der Waals surface area (Å²) in [6.07, 6.45) is -11.0. The van der Waals surface area contributed by atoms with Crippen molar-refractivity contribution in [3.8, 4) is 0 Å². The van der Waals surface area contributed by atoms with E-state index in [4.69, 9.17) is 37.9 Å². The first kappa shape index (κ1) is 55.1. The number of benzene rings is 1. The van der Waals surface area contributed by atoms with Crippen LogP contribution in [0.2, 0.25) is 0 Å². The van der Waals surface area contributed by atoms with Gasteiger partial charge in [0.15, 0.2) is 18.7 Å². The zero-order chi connectivity index (χ0) is 50.8. The SMILES string of the molecule is CC[C@H]1OC(=O)[C@H](C)[C@@H](O[C@H]2C[C@@](C)(OC)[C@@H](OC(=O)NNC(=O)c3ccc4nc(C)[nH]c4c3)[C@H](C)O2)[C@H](C)[C@@H](O[C@@H]2O[C@H](C)C[C@H](N(C)C)[C@H]2O)[C@@](C)(OC)C[C@@H](C)C(=O)[C@H](C)[C@@H](O)[C@]1(C)O. The highest BCUT2D eigenvalue weighted by atomic mass is 16.7. The lowest BCUT2D eigenvalue weighted by Crippen LogP contribution is -2.62. The molecule has 18 atom stereocenters. The summed E-state index contributed by atoms with van der Waals surface area (Å²) >= 11 is 0. The second-order valence-electron chi connectivity index (χ2n) is 20.1. The smallest absolute Gasteiger partial charge is 0.426 e. The Morgan fingerprint density at radius 3 is 2.19 bits per heavy atom. The van der Waals surface area contributed by atoms with Crippen molar-refractivity contribution in [3.05, 3.63) is 29.6 Å². The number of aliphatic hydroxyl groups excluding tert-OH is 2. The van der Waals surface area contributed by atoms with Gasteiger partial charge < -0.3 is 63.1 Å². The van der Waals surface area contributed by atoms with E-state index >= 15 is 0 Å². The van der Waals surface area contributed by atoms with Crippen LogP contribution in [0, 0.1) is 30.6 Å². The fourth-order valence-corrected chi connectivity index (χ4v) is 10.4. The lowest BCUT2D eigenvalue weighted by molar-refractivity contribution is -0.319. The molecule has 20 nitrogen and oxygen atoms in total. The molecule has 2 amide bonds. The van der Waals surface area contributed by atoms with Crippen molar-refractivity contribution >= 4 is 34.8 Å². The van der Waals surface area contributed by atoms with Crippen molar-refractivity contribution in [3.63, 3.8) is 0 Å². The Balaban J connectivity index is 1.47. The number of nitrogens with one attached hydrogen (secondary N) is 3. The summed E-state index contributed by atoms with van der Waals surface area (Å²) in [5.41, 5.74) is 1.64. The van der Waals surface area contributed by atoms with E-state index in [9.17, 15) is 34.5 Å². The number of fused-ring (bicyclic) bond motifs is 1. The van der Waals surface area contributed by atoms with Gasteiger partial charge in [0.2, 0.25) is 0 Å². The molecule has 3 aliphatic heterocycles. The van der Waals surface area contributed by atoms with Gasteiger partial charge in [-0.1, -0.05) is 27.7 Å². The molecule has 0 spiro atoms. The molecule has 1 aromatic carbocycles. The normalized spacial score (nSPS) is 40.1. The van der Waals surface area contributed by atoms with Crippen LogP contribution in [-0.4, -0.2) is 167 Å². The molecule has 68 heavy (non-hydrogen) atoms. The van der Waals surface area contributed by atoms with Crippen LogP contribution in [0.15, 0.2) is 18.2 Å². The van der Waals surface area contributed by atoms with E-state index in [-0.39, 0.29) is 42.8 Å². The number of esters is 1. The lowest BCUT2D eigenvalue weighted by Gasteiger charge is -2.50. The molecule has 4 heterocycles. The zero-order valence-electron chi connectivity index (χ0n) is 42.4. The van der Waals surface area contributed by atoms with E-state index < -0.39 is 114 Å². The number of ether oxygens (including phenoxy) is 8. The van der Waals surface area contributed by atoms with E-state index in [1.54, 1.807) is 73.6 Å². The van der Waals surface area contributed by atoms with Crippen LogP contribution < -0.4 is 10.9 Å². The standard InChI is InChI=1S/C48H77N5O15/c1-16-34-48(11,60)39(56)25(4)36(54)23(2)21-46(9,61-14)40(67-44-37(55)33(53(12)13)19-24(3)63-44)26(5)38(27(6)43(58)65-34)66-35-22-47(10,62-15)41(28(7)64-35)68-45(59)52-51-42(57)30-17-18-31-32(20-30)50-29(8)49-31/h17-18,20,23-28,33-35,37-41,44,55-56,60H,16,19,21-22H2,1-15H3,(H,49,50)(H,51,57)(H,52,59)/t23-,24-,25+,26+,27-,28+,33+,34-,35+,37-,38+,39-,40-,41+,44+,46+,47-,48-/m1/s1.